The molecule has 0 aromatic heterocycles. The lowest BCUT2D eigenvalue weighted by Gasteiger charge is -2.20. The van der Waals surface area contributed by atoms with Crippen molar-refractivity contribution in [1.82, 2.24) is 0 Å². The number of rotatable bonds is 3. The van der Waals surface area contributed by atoms with E-state index in [1.54, 1.807) is 0 Å². The first-order valence-corrected chi connectivity index (χ1v) is 7.10. The number of carbonyl (C=O) groups excluding carboxylic acids is 1. The topological polar surface area (TPSA) is 17.1 Å². The standard InChI is InChI=1S/C19H18O/c1-14-17(12-13-18(14)20)19(15-8-4-2-5-9-15)16-10-6-3-7-11-16/h2-11,19H,12-13H2,1H3/i19+1. The van der Waals surface area contributed by atoms with Gasteiger partial charge in [0.1, 0.15) is 0 Å². The Morgan fingerprint density at radius 2 is 1.30 bits per heavy atom. The molecule has 0 heterocycles. The van der Waals surface area contributed by atoms with Crippen molar-refractivity contribution in [2.75, 3.05) is 0 Å². The Bertz CT molecular complexity index is 598. The van der Waals surface area contributed by atoms with Crippen LogP contribution in [0.1, 0.15) is 36.8 Å². The molecule has 2 aromatic carbocycles. The largest absolute Gasteiger partial charge is 0.295 e. The molecule has 0 aliphatic heterocycles. The molecule has 0 unspecified atom stereocenters. The molecule has 1 nitrogen and oxygen atoms in total. The summed E-state index contributed by atoms with van der Waals surface area (Å²) < 4.78 is 0. The Kier molecular flexibility index (Phi) is 3.51. The van der Waals surface area contributed by atoms with Crippen LogP contribution >= 0.6 is 0 Å². The zero-order chi connectivity index (χ0) is 13.9. The summed E-state index contributed by atoms with van der Waals surface area (Å²) in [5.74, 6) is 0.515. The van der Waals surface area contributed by atoms with Crippen molar-refractivity contribution in [2.24, 2.45) is 0 Å². The molecule has 0 atom stereocenters. The molecule has 0 N–H and O–H groups in total. The molecule has 0 saturated carbocycles. The molecule has 100 valence electrons. The maximum absolute atomic E-state index is 11.9. The lowest BCUT2D eigenvalue weighted by Crippen LogP contribution is -2.05. The molecule has 0 bridgehead atoms. The molecule has 1 aliphatic carbocycles. The maximum atomic E-state index is 11.9. The SMILES string of the molecule is CC1=C([13CH](c2ccccc2)c2ccccc2)CCC1=O. The normalized spacial score (nSPS) is 15.2. The minimum Gasteiger partial charge on any atom is -0.295 e. The van der Waals surface area contributed by atoms with E-state index in [9.17, 15) is 4.79 Å². The van der Waals surface area contributed by atoms with Crippen LogP contribution in [0, 0.1) is 0 Å². The summed E-state index contributed by atoms with van der Waals surface area (Å²) in [7, 11) is 0. The van der Waals surface area contributed by atoms with E-state index >= 15 is 0 Å². The van der Waals surface area contributed by atoms with Crippen molar-refractivity contribution in [2.45, 2.75) is 25.7 Å². The van der Waals surface area contributed by atoms with Crippen molar-refractivity contribution < 1.29 is 4.79 Å². The second-order valence-corrected chi connectivity index (χ2v) is 5.33. The molecule has 1 aliphatic rings. The van der Waals surface area contributed by atoms with E-state index in [-0.39, 0.29) is 5.92 Å². The van der Waals surface area contributed by atoms with Gasteiger partial charge in [-0.1, -0.05) is 66.2 Å². The van der Waals surface area contributed by atoms with Gasteiger partial charge in [0, 0.05) is 12.3 Å². The highest BCUT2D eigenvalue weighted by Crippen LogP contribution is 2.39. The number of hydrogen-bond acceptors (Lipinski definition) is 1. The average Bonchev–Trinajstić information content (AvgIpc) is 2.82. The van der Waals surface area contributed by atoms with Crippen LogP contribution in [0.25, 0.3) is 0 Å². The van der Waals surface area contributed by atoms with E-state index in [0.29, 0.717) is 12.2 Å². The van der Waals surface area contributed by atoms with E-state index in [4.69, 9.17) is 0 Å². The van der Waals surface area contributed by atoms with Crippen LogP contribution in [-0.2, 0) is 4.79 Å². The van der Waals surface area contributed by atoms with Crippen molar-refractivity contribution in [1.29, 1.82) is 0 Å². The van der Waals surface area contributed by atoms with E-state index < -0.39 is 0 Å². The second kappa shape index (κ2) is 5.46. The van der Waals surface area contributed by atoms with Crippen LogP contribution in [-0.4, -0.2) is 5.78 Å². The van der Waals surface area contributed by atoms with Crippen LogP contribution in [0.5, 0.6) is 0 Å². The van der Waals surface area contributed by atoms with Crippen LogP contribution in [0.2, 0.25) is 0 Å². The predicted molar refractivity (Wildman–Crippen MR) is 81.7 cm³/mol. The smallest absolute Gasteiger partial charge is 0.158 e. The molecule has 0 radical (unpaired) electrons. The van der Waals surface area contributed by atoms with Gasteiger partial charge in [-0.2, -0.15) is 0 Å². The number of allylic oxidation sites excluding steroid dienone is 2. The molecular weight excluding hydrogens is 245 g/mol. The molecule has 0 saturated heterocycles. The Morgan fingerprint density at radius 1 is 0.800 bits per heavy atom. The Morgan fingerprint density at radius 3 is 1.70 bits per heavy atom. The van der Waals surface area contributed by atoms with E-state index in [0.717, 1.165) is 12.0 Å². The summed E-state index contributed by atoms with van der Waals surface area (Å²) in [6.07, 6.45) is 1.55. The summed E-state index contributed by atoms with van der Waals surface area (Å²) >= 11 is 0. The molecule has 1 heteroatoms. The fourth-order valence-electron chi connectivity index (χ4n) is 3.05. The van der Waals surface area contributed by atoms with Crippen LogP contribution < -0.4 is 0 Å². The Labute approximate surface area is 120 Å². The Balaban J connectivity index is 2.13. The minimum absolute atomic E-state index is 0.212. The number of carbonyl (C=O) groups is 1. The third-order valence-electron chi connectivity index (χ3n) is 4.14. The molecule has 2 aromatic rings. The molecule has 3 rings (SSSR count). The van der Waals surface area contributed by atoms with Crippen LogP contribution in [0.15, 0.2) is 71.8 Å². The Hall–Kier alpha value is -2.15. The van der Waals surface area contributed by atoms with E-state index in [1.165, 1.54) is 16.7 Å². The fourth-order valence-corrected chi connectivity index (χ4v) is 3.05. The zero-order valence-corrected chi connectivity index (χ0v) is 11.7. The monoisotopic (exact) mass is 263 g/mol. The molecular formula is C19H18O. The summed E-state index contributed by atoms with van der Waals surface area (Å²) in [4.78, 5) is 11.9. The van der Waals surface area contributed by atoms with Gasteiger partial charge in [-0.15, -0.1) is 0 Å². The number of hydrogen-bond donors (Lipinski definition) is 0. The predicted octanol–water partition coefficient (Wildman–Crippen LogP) is 4.50. The number of Topliss-reactive ketones (excluding diaryl/α,β-unsaturated/α-hetero) is 1. The van der Waals surface area contributed by atoms with Gasteiger partial charge in [0.15, 0.2) is 5.78 Å². The highest BCUT2D eigenvalue weighted by Gasteiger charge is 2.27. The van der Waals surface area contributed by atoms with Crippen molar-refractivity contribution in [3.8, 4) is 0 Å². The lowest BCUT2D eigenvalue weighted by molar-refractivity contribution is -0.114. The van der Waals surface area contributed by atoms with Gasteiger partial charge in [-0.25, -0.2) is 0 Å². The lowest BCUT2D eigenvalue weighted by atomic mass is 10.0. The first-order chi connectivity index (χ1) is 9.77. The third-order valence-corrected chi connectivity index (χ3v) is 4.14. The van der Waals surface area contributed by atoms with E-state index in [1.807, 2.05) is 19.1 Å². The first-order valence-electron chi connectivity index (χ1n) is 7.10. The molecule has 0 fully saturated rings. The van der Waals surface area contributed by atoms with Gasteiger partial charge in [0.05, 0.1) is 0 Å². The van der Waals surface area contributed by atoms with Crippen LogP contribution in [0.4, 0.5) is 0 Å². The van der Waals surface area contributed by atoms with Gasteiger partial charge < -0.3 is 0 Å². The van der Waals surface area contributed by atoms with Gasteiger partial charge in [-0.05, 0) is 30.0 Å². The minimum atomic E-state index is 0.212. The number of ketones is 1. The van der Waals surface area contributed by atoms with Gasteiger partial charge in [-0.3, -0.25) is 4.79 Å². The zero-order valence-electron chi connectivity index (χ0n) is 11.7. The van der Waals surface area contributed by atoms with Crippen LogP contribution in [0.3, 0.4) is 0 Å². The highest BCUT2D eigenvalue weighted by molar-refractivity contribution is 5.98. The van der Waals surface area contributed by atoms with Crippen molar-refractivity contribution in [3.05, 3.63) is 82.9 Å². The van der Waals surface area contributed by atoms with E-state index in [2.05, 4.69) is 48.5 Å². The third kappa shape index (κ3) is 2.32. The number of benzene rings is 2. The molecule has 0 spiro atoms. The summed E-state index contributed by atoms with van der Waals surface area (Å²) in [5.41, 5.74) is 4.78. The molecule has 20 heavy (non-hydrogen) atoms. The maximum Gasteiger partial charge on any atom is 0.158 e. The summed E-state index contributed by atoms with van der Waals surface area (Å²) in [5, 5.41) is 0. The molecule has 0 amide bonds. The van der Waals surface area contributed by atoms with Gasteiger partial charge >= 0.3 is 0 Å². The quantitative estimate of drug-likeness (QED) is 0.745. The van der Waals surface area contributed by atoms with Gasteiger partial charge in [0.25, 0.3) is 0 Å². The highest BCUT2D eigenvalue weighted by atomic mass is 16.1. The summed E-state index contributed by atoms with van der Waals surface area (Å²) in [6, 6.07) is 21.0. The summed E-state index contributed by atoms with van der Waals surface area (Å²) in [6.45, 7) is 1.98. The van der Waals surface area contributed by atoms with Crippen molar-refractivity contribution >= 4 is 5.78 Å². The average molecular weight is 263 g/mol. The first kappa shape index (κ1) is 12.9. The second-order valence-electron chi connectivity index (χ2n) is 5.33. The van der Waals surface area contributed by atoms with Crippen molar-refractivity contribution in [3.63, 3.8) is 0 Å². The van der Waals surface area contributed by atoms with Gasteiger partial charge in [0.2, 0.25) is 0 Å². The fraction of sp³-hybridized carbons (Fsp3) is 0.211.